The average Bonchev–Trinajstić information content (AvgIpc) is 2.66. The molecule has 1 N–H and O–H groups in total. The van der Waals surface area contributed by atoms with Gasteiger partial charge in [-0.1, -0.05) is 41.9 Å². The standard InChI is InChI=1S/C21H27ClN2O3S/c1-15(2)24(4)28(26,27)18-12-13-20(22)19(14-18)21(25)23-16(3)10-11-17-8-6-5-7-9-17/h5-9,12-16H,10-11H2,1-4H3,(H,23,25). The fourth-order valence-corrected chi connectivity index (χ4v) is 4.28. The molecule has 0 spiro atoms. The van der Waals surface area contributed by atoms with Crippen LogP contribution in [0.2, 0.25) is 5.02 Å². The van der Waals surface area contributed by atoms with Gasteiger partial charge in [0.15, 0.2) is 0 Å². The van der Waals surface area contributed by atoms with E-state index in [4.69, 9.17) is 11.6 Å². The lowest BCUT2D eigenvalue weighted by Crippen LogP contribution is -2.34. The fourth-order valence-electron chi connectivity index (χ4n) is 2.68. The van der Waals surface area contributed by atoms with Crippen molar-refractivity contribution in [2.45, 2.75) is 50.6 Å². The summed E-state index contributed by atoms with van der Waals surface area (Å²) in [5, 5.41) is 3.13. The topological polar surface area (TPSA) is 66.5 Å². The van der Waals surface area contributed by atoms with Gasteiger partial charge in [-0.15, -0.1) is 0 Å². The van der Waals surface area contributed by atoms with Crippen molar-refractivity contribution < 1.29 is 13.2 Å². The van der Waals surface area contributed by atoms with Crippen molar-refractivity contribution in [1.82, 2.24) is 9.62 Å². The van der Waals surface area contributed by atoms with Gasteiger partial charge in [-0.05, 0) is 57.4 Å². The molecule has 1 amide bonds. The van der Waals surface area contributed by atoms with Crippen LogP contribution in [0.25, 0.3) is 0 Å². The van der Waals surface area contributed by atoms with Gasteiger partial charge in [0, 0.05) is 19.1 Å². The van der Waals surface area contributed by atoms with Gasteiger partial charge >= 0.3 is 0 Å². The minimum Gasteiger partial charge on any atom is -0.350 e. The average molecular weight is 423 g/mol. The first-order chi connectivity index (χ1) is 13.1. The van der Waals surface area contributed by atoms with Gasteiger partial charge in [-0.3, -0.25) is 4.79 Å². The van der Waals surface area contributed by atoms with Crippen LogP contribution in [0.3, 0.4) is 0 Å². The lowest BCUT2D eigenvalue weighted by Gasteiger charge is -2.21. The predicted molar refractivity (Wildman–Crippen MR) is 113 cm³/mol. The third-order valence-corrected chi connectivity index (χ3v) is 7.03. The van der Waals surface area contributed by atoms with E-state index in [1.54, 1.807) is 13.8 Å². The monoisotopic (exact) mass is 422 g/mol. The quantitative estimate of drug-likeness (QED) is 0.695. The second kappa shape index (κ2) is 9.54. The Bertz CT molecular complexity index is 915. The summed E-state index contributed by atoms with van der Waals surface area (Å²) in [7, 11) is -2.18. The molecular weight excluding hydrogens is 396 g/mol. The number of halogens is 1. The Morgan fingerprint density at radius 2 is 1.75 bits per heavy atom. The summed E-state index contributed by atoms with van der Waals surface area (Å²) in [4.78, 5) is 12.7. The maximum absolute atomic E-state index is 12.7. The number of aryl methyl sites for hydroxylation is 1. The highest BCUT2D eigenvalue weighted by atomic mass is 35.5. The Morgan fingerprint density at radius 3 is 2.36 bits per heavy atom. The predicted octanol–water partition coefficient (Wildman–Crippen LogP) is 4.12. The second-order valence-corrected chi connectivity index (χ2v) is 9.56. The molecule has 0 radical (unpaired) electrons. The van der Waals surface area contributed by atoms with E-state index in [9.17, 15) is 13.2 Å². The molecule has 152 valence electrons. The highest BCUT2D eigenvalue weighted by Gasteiger charge is 2.25. The van der Waals surface area contributed by atoms with Crippen molar-refractivity contribution in [3.8, 4) is 0 Å². The highest BCUT2D eigenvalue weighted by molar-refractivity contribution is 7.89. The number of nitrogens with one attached hydrogen (secondary N) is 1. The van der Waals surface area contributed by atoms with Gasteiger partial charge in [-0.25, -0.2) is 8.42 Å². The van der Waals surface area contributed by atoms with Crippen LogP contribution in [0.15, 0.2) is 53.4 Å². The first-order valence-electron chi connectivity index (χ1n) is 9.25. The fraction of sp³-hybridized carbons (Fsp3) is 0.381. The molecular formula is C21H27ClN2O3S. The molecule has 0 saturated carbocycles. The SMILES string of the molecule is CC(CCc1ccccc1)NC(=O)c1cc(S(=O)(=O)N(C)C(C)C)ccc1Cl. The van der Waals surface area contributed by atoms with E-state index in [1.807, 2.05) is 37.3 Å². The number of hydrogen-bond donors (Lipinski definition) is 1. The molecule has 0 aliphatic heterocycles. The smallest absolute Gasteiger partial charge is 0.253 e. The number of hydrogen-bond acceptors (Lipinski definition) is 3. The Kier molecular flexibility index (Phi) is 7.63. The zero-order chi connectivity index (χ0) is 20.9. The van der Waals surface area contributed by atoms with Gasteiger partial charge in [0.05, 0.1) is 15.5 Å². The third-order valence-electron chi connectivity index (χ3n) is 4.67. The third kappa shape index (κ3) is 5.56. The molecule has 0 fully saturated rings. The van der Waals surface area contributed by atoms with Gasteiger partial charge in [0.1, 0.15) is 0 Å². The van der Waals surface area contributed by atoms with Crippen LogP contribution in [-0.2, 0) is 16.4 Å². The van der Waals surface area contributed by atoms with Crippen LogP contribution in [-0.4, -0.2) is 37.8 Å². The van der Waals surface area contributed by atoms with E-state index in [0.29, 0.717) is 0 Å². The molecule has 5 nitrogen and oxygen atoms in total. The molecule has 0 saturated heterocycles. The lowest BCUT2D eigenvalue weighted by atomic mass is 10.1. The van der Waals surface area contributed by atoms with E-state index in [0.717, 1.165) is 12.8 Å². The molecule has 0 aliphatic rings. The molecule has 28 heavy (non-hydrogen) atoms. The van der Waals surface area contributed by atoms with Crippen molar-refractivity contribution in [3.63, 3.8) is 0 Å². The summed E-state index contributed by atoms with van der Waals surface area (Å²) in [6.07, 6.45) is 1.60. The Balaban J connectivity index is 2.12. The summed E-state index contributed by atoms with van der Waals surface area (Å²) in [6.45, 7) is 5.49. The van der Waals surface area contributed by atoms with E-state index >= 15 is 0 Å². The summed E-state index contributed by atoms with van der Waals surface area (Å²) in [6, 6.07) is 14.0. The Hall–Kier alpha value is -1.89. The van der Waals surface area contributed by atoms with Crippen molar-refractivity contribution in [2.75, 3.05) is 7.05 Å². The zero-order valence-corrected chi connectivity index (χ0v) is 18.2. The number of rotatable bonds is 8. The minimum absolute atomic E-state index is 0.0511. The molecule has 0 aliphatic carbocycles. The maximum atomic E-state index is 12.7. The number of nitrogens with zero attached hydrogens (tertiary/aromatic N) is 1. The van der Waals surface area contributed by atoms with Crippen molar-refractivity contribution in [3.05, 3.63) is 64.7 Å². The van der Waals surface area contributed by atoms with E-state index in [1.165, 1.54) is 35.1 Å². The molecule has 1 atom stereocenters. The van der Waals surface area contributed by atoms with Gasteiger partial charge in [0.2, 0.25) is 10.0 Å². The van der Waals surface area contributed by atoms with Crippen molar-refractivity contribution in [2.24, 2.45) is 0 Å². The van der Waals surface area contributed by atoms with E-state index in [-0.39, 0.29) is 33.5 Å². The summed E-state index contributed by atoms with van der Waals surface area (Å²) >= 11 is 6.17. The van der Waals surface area contributed by atoms with E-state index in [2.05, 4.69) is 5.32 Å². The molecule has 0 bridgehead atoms. The summed E-state index contributed by atoms with van der Waals surface area (Å²) in [5.41, 5.74) is 1.36. The molecule has 0 aromatic heterocycles. The first-order valence-corrected chi connectivity index (χ1v) is 11.1. The molecule has 0 heterocycles. The molecule has 2 aromatic carbocycles. The van der Waals surface area contributed by atoms with Gasteiger partial charge < -0.3 is 5.32 Å². The first kappa shape index (κ1) is 22.4. The maximum Gasteiger partial charge on any atom is 0.253 e. The van der Waals surface area contributed by atoms with Crippen molar-refractivity contribution >= 4 is 27.5 Å². The normalized spacial score (nSPS) is 13.0. The summed E-state index contributed by atoms with van der Waals surface area (Å²) < 4.78 is 26.6. The number of amides is 1. The van der Waals surface area contributed by atoms with Crippen LogP contribution in [0, 0.1) is 0 Å². The number of sulfonamides is 1. The molecule has 2 rings (SSSR count). The summed E-state index contributed by atoms with van der Waals surface area (Å²) in [5.74, 6) is -0.380. The van der Waals surface area contributed by atoms with E-state index < -0.39 is 10.0 Å². The lowest BCUT2D eigenvalue weighted by molar-refractivity contribution is 0.0938. The van der Waals surface area contributed by atoms with Crippen molar-refractivity contribution in [1.29, 1.82) is 0 Å². The minimum atomic E-state index is -3.69. The largest absolute Gasteiger partial charge is 0.350 e. The Labute approximate surface area is 172 Å². The second-order valence-electron chi connectivity index (χ2n) is 7.16. The van der Waals surface area contributed by atoms with Crippen LogP contribution in [0.5, 0.6) is 0 Å². The number of carbonyl (C=O) groups is 1. The Morgan fingerprint density at radius 1 is 1.11 bits per heavy atom. The number of carbonyl (C=O) groups excluding carboxylic acids is 1. The zero-order valence-electron chi connectivity index (χ0n) is 16.6. The van der Waals surface area contributed by atoms with Gasteiger partial charge in [-0.2, -0.15) is 4.31 Å². The molecule has 1 unspecified atom stereocenters. The van der Waals surface area contributed by atoms with Gasteiger partial charge in [0.25, 0.3) is 5.91 Å². The van der Waals surface area contributed by atoms with Crippen LogP contribution < -0.4 is 5.32 Å². The number of benzene rings is 2. The van der Waals surface area contributed by atoms with Crippen LogP contribution in [0.4, 0.5) is 0 Å². The van der Waals surface area contributed by atoms with Crippen LogP contribution in [0.1, 0.15) is 43.1 Å². The highest BCUT2D eigenvalue weighted by Crippen LogP contribution is 2.23. The molecule has 2 aromatic rings. The van der Waals surface area contributed by atoms with Crippen LogP contribution >= 0.6 is 11.6 Å². The molecule has 7 heteroatoms.